The third-order valence-electron chi connectivity index (χ3n) is 1.87. The minimum atomic E-state index is -0.0921. The van der Waals surface area contributed by atoms with Crippen LogP contribution in [-0.4, -0.2) is 14.5 Å². The molecule has 0 spiro atoms. The van der Waals surface area contributed by atoms with Crippen LogP contribution in [0.4, 0.5) is 0 Å². The summed E-state index contributed by atoms with van der Waals surface area (Å²) in [6.07, 6.45) is 4.79. The maximum Gasteiger partial charge on any atom is 0.258 e. The molecule has 70 valence electrons. The summed E-state index contributed by atoms with van der Waals surface area (Å²) in [4.78, 5) is 19.5. The third-order valence-corrected chi connectivity index (χ3v) is 1.87. The minimum absolute atomic E-state index is 0.0921. The second-order valence-electron chi connectivity index (χ2n) is 2.95. The van der Waals surface area contributed by atoms with Crippen molar-refractivity contribution < 1.29 is 0 Å². The van der Waals surface area contributed by atoms with Gasteiger partial charge in [-0.25, -0.2) is 4.98 Å². The molecule has 0 atom stereocenters. The van der Waals surface area contributed by atoms with Gasteiger partial charge in [-0.05, 0) is 19.1 Å². The summed E-state index contributed by atoms with van der Waals surface area (Å²) >= 11 is 0. The van der Waals surface area contributed by atoms with Crippen LogP contribution in [-0.2, 0) is 0 Å². The summed E-state index contributed by atoms with van der Waals surface area (Å²) in [5.41, 5.74) is 1.35. The van der Waals surface area contributed by atoms with Crippen molar-refractivity contribution in [3.63, 3.8) is 0 Å². The first-order valence-electron chi connectivity index (χ1n) is 4.23. The normalized spacial score (nSPS) is 10.1. The molecule has 2 aromatic rings. The zero-order chi connectivity index (χ0) is 9.97. The second kappa shape index (κ2) is 3.41. The third kappa shape index (κ3) is 1.54. The smallest absolute Gasteiger partial charge is 0.258 e. The van der Waals surface area contributed by atoms with Crippen LogP contribution < -0.4 is 5.56 Å². The second-order valence-corrected chi connectivity index (χ2v) is 2.95. The van der Waals surface area contributed by atoms with E-state index in [1.54, 1.807) is 25.4 Å². The molecule has 0 aliphatic rings. The largest absolute Gasteiger partial charge is 0.269 e. The molecule has 2 heterocycles. The van der Waals surface area contributed by atoms with Gasteiger partial charge in [0.2, 0.25) is 0 Å². The summed E-state index contributed by atoms with van der Waals surface area (Å²) in [7, 11) is 0. The summed E-state index contributed by atoms with van der Waals surface area (Å²) in [6, 6.07) is 5.08. The molecule has 0 radical (unpaired) electrons. The van der Waals surface area contributed by atoms with Crippen molar-refractivity contribution >= 4 is 0 Å². The van der Waals surface area contributed by atoms with Gasteiger partial charge in [-0.3, -0.25) is 14.3 Å². The zero-order valence-electron chi connectivity index (χ0n) is 7.71. The number of hydrogen-bond donors (Lipinski definition) is 0. The zero-order valence-corrected chi connectivity index (χ0v) is 7.71. The van der Waals surface area contributed by atoms with E-state index >= 15 is 0 Å². The van der Waals surface area contributed by atoms with E-state index < -0.39 is 0 Å². The lowest BCUT2D eigenvalue weighted by Crippen LogP contribution is -2.18. The van der Waals surface area contributed by atoms with Gasteiger partial charge in [-0.2, -0.15) is 0 Å². The molecule has 14 heavy (non-hydrogen) atoms. The average Bonchev–Trinajstić information content (AvgIpc) is 2.19. The first-order chi connectivity index (χ1) is 6.77. The lowest BCUT2D eigenvalue weighted by molar-refractivity contribution is 0.910. The predicted molar refractivity (Wildman–Crippen MR) is 52.4 cm³/mol. The first-order valence-corrected chi connectivity index (χ1v) is 4.23. The lowest BCUT2D eigenvalue weighted by atomic mass is 10.4. The van der Waals surface area contributed by atoms with Crippen molar-refractivity contribution in [2.75, 3.05) is 0 Å². The topological polar surface area (TPSA) is 47.8 Å². The molecule has 0 amide bonds. The first kappa shape index (κ1) is 8.62. The molecule has 0 saturated heterocycles. The van der Waals surface area contributed by atoms with Crippen molar-refractivity contribution in [2.45, 2.75) is 6.92 Å². The Labute approximate surface area is 80.9 Å². The maximum absolute atomic E-state index is 11.5. The molecule has 4 heteroatoms. The van der Waals surface area contributed by atoms with E-state index in [0.29, 0.717) is 0 Å². The van der Waals surface area contributed by atoms with E-state index in [1.807, 2.05) is 6.07 Å². The van der Waals surface area contributed by atoms with Crippen LogP contribution in [0.25, 0.3) is 5.69 Å². The molecule has 0 saturated carbocycles. The molecular weight excluding hydrogens is 178 g/mol. The van der Waals surface area contributed by atoms with Gasteiger partial charge in [0.1, 0.15) is 6.33 Å². The number of rotatable bonds is 1. The van der Waals surface area contributed by atoms with E-state index in [0.717, 1.165) is 11.4 Å². The Bertz CT molecular complexity index is 490. The predicted octanol–water partition coefficient (Wildman–Crippen LogP) is 0.936. The Morgan fingerprint density at radius 2 is 2.29 bits per heavy atom. The molecule has 0 aliphatic carbocycles. The van der Waals surface area contributed by atoms with Gasteiger partial charge in [-0.1, -0.05) is 0 Å². The average molecular weight is 187 g/mol. The summed E-state index contributed by atoms with van der Waals surface area (Å²) in [5, 5.41) is 0. The Hall–Kier alpha value is -1.97. The minimum Gasteiger partial charge on any atom is -0.269 e. The Morgan fingerprint density at radius 3 is 2.93 bits per heavy atom. The van der Waals surface area contributed by atoms with Crippen LogP contribution >= 0.6 is 0 Å². The van der Waals surface area contributed by atoms with Gasteiger partial charge < -0.3 is 0 Å². The highest BCUT2D eigenvalue weighted by atomic mass is 16.1. The van der Waals surface area contributed by atoms with Crippen molar-refractivity contribution in [1.82, 2.24) is 14.5 Å². The van der Waals surface area contributed by atoms with Crippen LogP contribution in [0.3, 0.4) is 0 Å². The number of aromatic nitrogens is 3. The summed E-state index contributed by atoms with van der Waals surface area (Å²) in [5.74, 6) is 0. The SMILES string of the molecule is Cc1cc(=O)n(-c2cccnc2)cn1. The van der Waals surface area contributed by atoms with Crippen molar-refractivity contribution in [2.24, 2.45) is 0 Å². The molecule has 4 nitrogen and oxygen atoms in total. The lowest BCUT2D eigenvalue weighted by Gasteiger charge is -2.03. The summed E-state index contributed by atoms with van der Waals surface area (Å²) < 4.78 is 1.46. The van der Waals surface area contributed by atoms with Crippen LogP contribution in [0.5, 0.6) is 0 Å². The van der Waals surface area contributed by atoms with Crippen molar-refractivity contribution in [3.05, 3.63) is 53.0 Å². The molecule has 0 fully saturated rings. The molecule has 2 aromatic heterocycles. The van der Waals surface area contributed by atoms with Crippen LogP contribution in [0.15, 0.2) is 41.7 Å². The number of nitrogens with zero attached hydrogens (tertiary/aromatic N) is 3. The van der Waals surface area contributed by atoms with Crippen LogP contribution in [0.2, 0.25) is 0 Å². The Balaban J connectivity index is 2.59. The highest BCUT2D eigenvalue weighted by molar-refractivity contribution is 5.27. The molecular formula is C10H9N3O. The van der Waals surface area contributed by atoms with E-state index in [-0.39, 0.29) is 5.56 Å². The fraction of sp³-hybridized carbons (Fsp3) is 0.100. The van der Waals surface area contributed by atoms with E-state index in [9.17, 15) is 4.79 Å². The number of aryl methyl sites for hydroxylation is 1. The Morgan fingerprint density at radius 1 is 1.43 bits per heavy atom. The van der Waals surface area contributed by atoms with Crippen LogP contribution in [0, 0.1) is 6.92 Å². The van der Waals surface area contributed by atoms with Crippen molar-refractivity contribution in [3.8, 4) is 5.69 Å². The quantitative estimate of drug-likeness (QED) is 0.667. The standard InChI is InChI=1S/C10H9N3O/c1-8-5-10(14)13(7-12-8)9-3-2-4-11-6-9/h2-7H,1H3. The highest BCUT2D eigenvalue weighted by Gasteiger charge is 1.98. The fourth-order valence-electron chi connectivity index (χ4n) is 1.18. The van der Waals surface area contributed by atoms with E-state index in [1.165, 1.54) is 17.0 Å². The Kier molecular flexibility index (Phi) is 2.10. The molecule has 0 aliphatic heterocycles. The number of pyridine rings is 1. The number of hydrogen-bond acceptors (Lipinski definition) is 3. The highest BCUT2D eigenvalue weighted by Crippen LogP contribution is 2.00. The fourth-order valence-corrected chi connectivity index (χ4v) is 1.18. The molecule has 2 rings (SSSR count). The molecule has 0 aromatic carbocycles. The van der Waals surface area contributed by atoms with Crippen LogP contribution in [0.1, 0.15) is 5.69 Å². The van der Waals surface area contributed by atoms with Gasteiger partial charge in [0, 0.05) is 18.0 Å². The molecule has 0 bridgehead atoms. The van der Waals surface area contributed by atoms with Crippen molar-refractivity contribution in [1.29, 1.82) is 0 Å². The monoisotopic (exact) mass is 187 g/mol. The van der Waals surface area contributed by atoms with Gasteiger partial charge in [0.05, 0.1) is 11.9 Å². The van der Waals surface area contributed by atoms with Gasteiger partial charge in [0.25, 0.3) is 5.56 Å². The van der Waals surface area contributed by atoms with Gasteiger partial charge >= 0.3 is 0 Å². The van der Waals surface area contributed by atoms with E-state index in [4.69, 9.17) is 0 Å². The maximum atomic E-state index is 11.5. The van der Waals surface area contributed by atoms with Gasteiger partial charge in [0.15, 0.2) is 0 Å². The summed E-state index contributed by atoms with van der Waals surface area (Å²) in [6.45, 7) is 1.79. The van der Waals surface area contributed by atoms with E-state index in [2.05, 4.69) is 9.97 Å². The molecule has 0 N–H and O–H groups in total. The van der Waals surface area contributed by atoms with Gasteiger partial charge in [-0.15, -0.1) is 0 Å². The molecule has 0 unspecified atom stereocenters.